The van der Waals surface area contributed by atoms with Crippen molar-refractivity contribution in [1.29, 1.82) is 0 Å². The first kappa shape index (κ1) is 20.6. The van der Waals surface area contributed by atoms with Crippen LogP contribution in [0.2, 0.25) is 0 Å². The third kappa shape index (κ3) is 3.54. The van der Waals surface area contributed by atoms with E-state index >= 15 is 0 Å². The molecule has 0 aliphatic rings. The number of aromatic amines is 1. The average molecular weight is 419 g/mol. The molecule has 160 valence electrons. The molecule has 1 N–H and O–H groups in total. The van der Waals surface area contributed by atoms with E-state index in [0.717, 1.165) is 22.2 Å². The average Bonchev–Trinajstić information content (AvgIpc) is 3.31. The van der Waals surface area contributed by atoms with Crippen molar-refractivity contribution in [2.75, 3.05) is 0 Å². The Morgan fingerprint density at radius 3 is 2.74 bits per heavy atom. The highest BCUT2D eigenvalue weighted by atomic mass is 16.5. The molecule has 0 radical (unpaired) electrons. The first-order valence-electron chi connectivity index (χ1n) is 10.2. The molecule has 0 amide bonds. The molecule has 2 heterocycles. The zero-order valence-electron chi connectivity index (χ0n) is 18.3. The fourth-order valence-electron chi connectivity index (χ4n) is 3.59. The largest absolute Gasteiger partial charge is 0.426 e. The summed E-state index contributed by atoms with van der Waals surface area (Å²) in [4.78, 5) is 29.4. The van der Waals surface area contributed by atoms with Crippen molar-refractivity contribution in [3.05, 3.63) is 58.3 Å². The first-order chi connectivity index (χ1) is 14.8. The number of aromatic nitrogens is 5. The Kier molecular flexibility index (Phi) is 5.22. The van der Waals surface area contributed by atoms with E-state index in [1.54, 1.807) is 20.2 Å². The van der Waals surface area contributed by atoms with Crippen molar-refractivity contribution in [2.45, 2.75) is 34.1 Å². The molecule has 8 heteroatoms. The van der Waals surface area contributed by atoms with Crippen LogP contribution < -0.4 is 10.4 Å². The molecule has 0 aliphatic heterocycles. The monoisotopic (exact) mass is 419 g/mol. The molecule has 0 saturated heterocycles. The number of nitrogens with zero attached hydrogens (tertiary/aromatic N) is 4. The lowest BCUT2D eigenvalue weighted by atomic mass is 10.0. The van der Waals surface area contributed by atoms with Crippen LogP contribution in [0.3, 0.4) is 0 Å². The zero-order valence-corrected chi connectivity index (χ0v) is 18.3. The Labute approximate surface area is 179 Å². The van der Waals surface area contributed by atoms with E-state index in [1.807, 2.05) is 55.8 Å². The Balaban J connectivity index is 1.89. The number of esters is 1. The minimum absolute atomic E-state index is 0.222. The second kappa shape index (κ2) is 7.86. The minimum Gasteiger partial charge on any atom is -0.426 e. The number of benzene rings is 2. The summed E-state index contributed by atoms with van der Waals surface area (Å²) in [5, 5.41) is 6.88. The predicted octanol–water partition coefficient (Wildman–Crippen LogP) is 3.55. The fourth-order valence-corrected chi connectivity index (χ4v) is 3.59. The van der Waals surface area contributed by atoms with Gasteiger partial charge in [0.25, 0.3) is 0 Å². The zero-order chi connectivity index (χ0) is 22.3. The lowest BCUT2D eigenvalue weighted by molar-refractivity contribution is -0.137. The van der Waals surface area contributed by atoms with Crippen LogP contribution in [0, 0.1) is 12.8 Å². The van der Waals surface area contributed by atoms with Crippen LogP contribution in [0.1, 0.15) is 31.9 Å². The highest BCUT2D eigenvalue weighted by molar-refractivity contribution is 5.85. The highest BCUT2D eigenvalue weighted by Gasteiger charge is 2.20. The van der Waals surface area contributed by atoms with Crippen molar-refractivity contribution in [2.24, 2.45) is 13.0 Å². The van der Waals surface area contributed by atoms with Gasteiger partial charge < -0.3 is 9.30 Å². The number of carbonyl (C=O) groups excluding carboxylic acids is 1. The number of rotatable bonds is 5. The number of H-pyrrole nitrogens is 1. The molecular weight excluding hydrogens is 394 g/mol. The SMILES string of the molecule is CCc1cc(-c2n[nH]c(=O)n2-c2cccc3c2ncn3C)c(C)cc1OC(=O)C(C)C. The highest BCUT2D eigenvalue weighted by Crippen LogP contribution is 2.32. The van der Waals surface area contributed by atoms with Gasteiger partial charge in [-0.3, -0.25) is 4.79 Å². The van der Waals surface area contributed by atoms with E-state index in [2.05, 4.69) is 15.2 Å². The van der Waals surface area contributed by atoms with E-state index in [4.69, 9.17) is 4.74 Å². The lowest BCUT2D eigenvalue weighted by Crippen LogP contribution is -2.17. The van der Waals surface area contributed by atoms with Crippen LogP contribution >= 0.6 is 0 Å². The van der Waals surface area contributed by atoms with Gasteiger partial charge >= 0.3 is 11.7 Å². The van der Waals surface area contributed by atoms with Crippen LogP contribution in [0.4, 0.5) is 0 Å². The maximum absolute atomic E-state index is 12.8. The number of ether oxygens (including phenoxy) is 1. The third-order valence-electron chi connectivity index (χ3n) is 5.36. The summed E-state index contributed by atoms with van der Waals surface area (Å²) in [6, 6.07) is 9.46. The summed E-state index contributed by atoms with van der Waals surface area (Å²) >= 11 is 0. The Morgan fingerprint density at radius 1 is 1.26 bits per heavy atom. The molecular formula is C23H25N5O3. The second-order valence-electron chi connectivity index (χ2n) is 7.89. The maximum Gasteiger partial charge on any atom is 0.348 e. The van der Waals surface area contributed by atoms with Crippen LogP contribution in [-0.2, 0) is 18.3 Å². The number of aryl methyl sites for hydroxylation is 3. The van der Waals surface area contributed by atoms with Gasteiger partial charge in [0.05, 0.1) is 23.4 Å². The molecule has 31 heavy (non-hydrogen) atoms. The number of hydrogen-bond acceptors (Lipinski definition) is 5. The molecule has 4 rings (SSSR count). The summed E-state index contributed by atoms with van der Waals surface area (Å²) in [6.07, 6.45) is 2.38. The van der Waals surface area contributed by atoms with Gasteiger partial charge in [0.2, 0.25) is 0 Å². The van der Waals surface area contributed by atoms with Crippen LogP contribution in [0.25, 0.3) is 28.1 Å². The molecule has 0 fully saturated rings. The number of para-hydroxylation sites is 1. The number of hydrogen-bond donors (Lipinski definition) is 1. The number of fused-ring (bicyclic) bond motifs is 1. The summed E-state index contributed by atoms with van der Waals surface area (Å²) < 4.78 is 9.04. The number of carbonyl (C=O) groups is 1. The predicted molar refractivity (Wildman–Crippen MR) is 118 cm³/mol. The van der Waals surface area contributed by atoms with Crippen LogP contribution in [0.15, 0.2) is 41.5 Å². The Bertz CT molecular complexity index is 1340. The van der Waals surface area contributed by atoms with Gasteiger partial charge in [-0.05, 0) is 48.7 Å². The molecule has 0 spiro atoms. The minimum atomic E-state index is -0.346. The van der Waals surface area contributed by atoms with Crippen molar-refractivity contribution >= 4 is 17.0 Å². The van der Waals surface area contributed by atoms with E-state index in [9.17, 15) is 9.59 Å². The summed E-state index contributed by atoms with van der Waals surface area (Å²) in [5.74, 6) is 0.524. The smallest absolute Gasteiger partial charge is 0.348 e. The molecule has 0 atom stereocenters. The van der Waals surface area contributed by atoms with Gasteiger partial charge in [0.15, 0.2) is 5.82 Å². The molecule has 4 aromatic rings. The van der Waals surface area contributed by atoms with E-state index < -0.39 is 0 Å². The molecule has 2 aromatic carbocycles. The third-order valence-corrected chi connectivity index (χ3v) is 5.36. The number of imidazole rings is 1. The van der Waals surface area contributed by atoms with Gasteiger partial charge in [0.1, 0.15) is 11.3 Å². The van der Waals surface area contributed by atoms with Gasteiger partial charge in [-0.15, -0.1) is 0 Å². The Morgan fingerprint density at radius 2 is 2.03 bits per heavy atom. The number of nitrogens with one attached hydrogen (secondary N) is 1. The normalized spacial score (nSPS) is 11.4. The molecule has 0 bridgehead atoms. The van der Waals surface area contributed by atoms with Crippen LogP contribution in [0.5, 0.6) is 5.75 Å². The first-order valence-corrected chi connectivity index (χ1v) is 10.2. The second-order valence-corrected chi connectivity index (χ2v) is 7.89. The molecule has 8 nitrogen and oxygen atoms in total. The van der Waals surface area contributed by atoms with Crippen molar-refractivity contribution in [1.82, 2.24) is 24.3 Å². The van der Waals surface area contributed by atoms with Crippen molar-refractivity contribution in [3.63, 3.8) is 0 Å². The fraction of sp³-hybridized carbons (Fsp3) is 0.304. The maximum atomic E-state index is 12.8. The van der Waals surface area contributed by atoms with Gasteiger partial charge in [0, 0.05) is 12.6 Å². The van der Waals surface area contributed by atoms with Gasteiger partial charge in [-0.25, -0.2) is 19.4 Å². The topological polar surface area (TPSA) is 94.8 Å². The Hall–Kier alpha value is -3.68. The van der Waals surface area contributed by atoms with Gasteiger partial charge in [-0.2, -0.15) is 5.10 Å². The van der Waals surface area contributed by atoms with E-state index in [-0.39, 0.29) is 17.6 Å². The molecule has 0 aliphatic carbocycles. The summed E-state index contributed by atoms with van der Waals surface area (Å²) in [6.45, 7) is 7.51. The van der Waals surface area contributed by atoms with Crippen LogP contribution in [-0.4, -0.2) is 30.3 Å². The molecule has 2 aromatic heterocycles. The molecule has 0 unspecified atom stereocenters. The quantitative estimate of drug-likeness (QED) is 0.394. The van der Waals surface area contributed by atoms with Gasteiger partial charge in [-0.1, -0.05) is 26.8 Å². The summed E-state index contributed by atoms with van der Waals surface area (Å²) in [7, 11) is 1.91. The van der Waals surface area contributed by atoms with Crippen molar-refractivity contribution in [3.8, 4) is 22.8 Å². The summed E-state index contributed by atoms with van der Waals surface area (Å²) in [5.41, 5.74) is 4.43. The van der Waals surface area contributed by atoms with Crippen molar-refractivity contribution < 1.29 is 9.53 Å². The van der Waals surface area contributed by atoms with E-state index in [0.29, 0.717) is 29.2 Å². The molecule has 0 saturated carbocycles. The standard InChI is InChI=1S/C23H25N5O3/c1-6-15-11-16(14(4)10-19(15)31-22(29)13(2)3)21-25-26-23(30)28(21)18-9-7-8-17-20(18)24-12-27(17)5/h7-13H,6H2,1-5H3,(H,26,30). The lowest BCUT2D eigenvalue weighted by Gasteiger charge is -2.15. The van der Waals surface area contributed by atoms with E-state index in [1.165, 1.54) is 4.57 Å².